The van der Waals surface area contributed by atoms with E-state index >= 15 is 0 Å². The number of benzene rings is 1. The van der Waals surface area contributed by atoms with Crippen LogP contribution in [0.15, 0.2) is 24.3 Å². The van der Waals surface area contributed by atoms with Gasteiger partial charge in [-0.2, -0.15) is 0 Å². The fourth-order valence-corrected chi connectivity index (χ4v) is 4.16. The first kappa shape index (κ1) is 17.1. The number of rotatable bonds is 5. The number of hydrogen-bond donors (Lipinski definition) is 0. The molecular formula is C19H28ClNO2. The lowest BCUT2D eigenvalue weighted by Gasteiger charge is -2.37. The van der Waals surface area contributed by atoms with Gasteiger partial charge in [-0.25, -0.2) is 0 Å². The van der Waals surface area contributed by atoms with Crippen LogP contribution < -0.4 is 4.74 Å². The number of likely N-dealkylation sites (tertiary alicyclic amines) is 1. The molecule has 128 valence electrons. The fourth-order valence-electron chi connectivity index (χ4n) is 3.81. The summed E-state index contributed by atoms with van der Waals surface area (Å²) >= 11 is 6.38. The Hall–Kier alpha value is -0.770. The van der Waals surface area contributed by atoms with Gasteiger partial charge in [-0.15, -0.1) is 11.6 Å². The molecule has 3 rings (SSSR count). The minimum Gasteiger partial charge on any atom is -0.497 e. The Morgan fingerprint density at radius 3 is 2.70 bits per heavy atom. The number of ether oxygens (including phenoxy) is 2. The third kappa shape index (κ3) is 4.62. The summed E-state index contributed by atoms with van der Waals surface area (Å²) < 4.78 is 11.4. The van der Waals surface area contributed by atoms with Gasteiger partial charge in [-0.05, 0) is 56.3 Å². The lowest BCUT2D eigenvalue weighted by Crippen LogP contribution is -2.42. The largest absolute Gasteiger partial charge is 0.497 e. The molecule has 0 amide bonds. The molecule has 0 aliphatic carbocycles. The molecule has 2 aliphatic heterocycles. The van der Waals surface area contributed by atoms with Crippen LogP contribution in [0.5, 0.6) is 5.75 Å². The van der Waals surface area contributed by atoms with Gasteiger partial charge in [-0.1, -0.05) is 12.1 Å². The second-order valence-corrected chi connectivity index (χ2v) is 7.40. The van der Waals surface area contributed by atoms with Crippen LogP contribution in [0.1, 0.15) is 43.6 Å². The van der Waals surface area contributed by atoms with Crippen molar-refractivity contribution in [3.63, 3.8) is 0 Å². The van der Waals surface area contributed by atoms with E-state index in [-0.39, 0.29) is 0 Å². The molecule has 2 heterocycles. The van der Waals surface area contributed by atoms with E-state index in [1.165, 1.54) is 24.8 Å². The van der Waals surface area contributed by atoms with Gasteiger partial charge in [-0.3, -0.25) is 0 Å². The molecular weight excluding hydrogens is 310 g/mol. The second kappa shape index (κ2) is 8.36. The van der Waals surface area contributed by atoms with E-state index in [1.54, 1.807) is 7.11 Å². The number of hydrogen-bond acceptors (Lipinski definition) is 3. The van der Waals surface area contributed by atoms with Gasteiger partial charge in [0.25, 0.3) is 0 Å². The third-order valence-electron chi connectivity index (χ3n) is 5.11. The van der Waals surface area contributed by atoms with E-state index in [2.05, 4.69) is 29.2 Å². The van der Waals surface area contributed by atoms with Gasteiger partial charge >= 0.3 is 0 Å². The highest BCUT2D eigenvalue weighted by molar-refractivity contribution is 6.20. The molecule has 0 radical (unpaired) electrons. The summed E-state index contributed by atoms with van der Waals surface area (Å²) in [6.07, 6.45) is 6.30. The molecule has 23 heavy (non-hydrogen) atoms. The van der Waals surface area contributed by atoms with Crippen LogP contribution in [-0.4, -0.2) is 49.7 Å². The maximum absolute atomic E-state index is 6.38. The molecule has 0 N–H and O–H groups in total. The minimum atomic E-state index is 0.299. The van der Waals surface area contributed by atoms with Gasteiger partial charge in [0.1, 0.15) is 5.75 Å². The Balaban J connectivity index is 1.74. The zero-order valence-corrected chi connectivity index (χ0v) is 14.8. The van der Waals surface area contributed by atoms with Crippen LogP contribution in [0, 0.1) is 0 Å². The lowest BCUT2D eigenvalue weighted by atomic mass is 9.88. The average Bonchev–Trinajstić information content (AvgIpc) is 2.61. The highest BCUT2D eigenvalue weighted by Gasteiger charge is 2.29. The molecule has 2 fully saturated rings. The van der Waals surface area contributed by atoms with Crippen molar-refractivity contribution in [2.45, 2.75) is 49.5 Å². The van der Waals surface area contributed by atoms with Crippen molar-refractivity contribution < 1.29 is 9.47 Å². The summed E-state index contributed by atoms with van der Waals surface area (Å²) in [5, 5.41) is 0.299. The van der Waals surface area contributed by atoms with Crippen LogP contribution in [0.3, 0.4) is 0 Å². The van der Waals surface area contributed by atoms with E-state index in [1.807, 2.05) is 0 Å². The molecule has 3 atom stereocenters. The monoisotopic (exact) mass is 337 g/mol. The normalized spacial score (nSPS) is 27.6. The van der Waals surface area contributed by atoms with Crippen molar-refractivity contribution in [3.8, 4) is 5.75 Å². The van der Waals surface area contributed by atoms with Crippen LogP contribution in [0.2, 0.25) is 0 Å². The first-order valence-electron chi connectivity index (χ1n) is 8.88. The van der Waals surface area contributed by atoms with Crippen LogP contribution in [0.4, 0.5) is 0 Å². The maximum atomic E-state index is 6.38. The van der Waals surface area contributed by atoms with Crippen molar-refractivity contribution in [2.75, 3.05) is 33.4 Å². The van der Waals surface area contributed by atoms with Crippen LogP contribution in [-0.2, 0) is 4.74 Å². The van der Waals surface area contributed by atoms with Gasteiger partial charge in [0.05, 0.1) is 13.2 Å². The quantitative estimate of drug-likeness (QED) is 0.756. The van der Waals surface area contributed by atoms with E-state index in [4.69, 9.17) is 21.1 Å². The summed E-state index contributed by atoms with van der Waals surface area (Å²) in [5.41, 5.74) is 1.36. The summed E-state index contributed by atoms with van der Waals surface area (Å²) in [5.74, 6) is 1.33. The molecule has 0 aromatic heterocycles. The van der Waals surface area contributed by atoms with Crippen molar-refractivity contribution in [1.82, 2.24) is 4.90 Å². The number of halogens is 1. The molecule has 0 bridgehead atoms. The van der Waals surface area contributed by atoms with E-state index < -0.39 is 0 Å². The van der Waals surface area contributed by atoms with Gasteiger partial charge in [0.15, 0.2) is 0 Å². The summed E-state index contributed by atoms with van der Waals surface area (Å²) in [7, 11) is 1.71. The van der Waals surface area contributed by atoms with E-state index in [0.717, 1.165) is 44.8 Å². The predicted molar refractivity (Wildman–Crippen MR) is 94.6 cm³/mol. The molecule has 1 aromatic rings. The second-order valence-electron chi connectivity index (χ2n) is 6.78. The molecule has 2 aliphatic rings. The Kier molecular flexibility index (Phi) is 6.21. The first-order chi connectivity index (χ1) is 11.3. The van der Waals surface area contributed by atoms with Crippen molar-refractivity contribution in [2.24, 2.45) is 0 Å². The SMILES string of the molecule is COc1ccc(C(CN2CCC[C@H](Cl)C2)C2CCCCO2)cc1. The third-order valence-corrected chi connectivity index (χ3v) is 5.47. The molecule has 0 saturated carbocycles. The highest BCUT2D eigenvalue weighted by Crippen LogP contribution is 2.31. The Morgan fingerprint density at radius 2 is 2.04 bits per heavy atom. The lowest BCUT2D eigenvalue weighted by molar-refractivity contribution is -0.00929. The van der Waals surface area contributed by atoms with Crippen LogP contribution >= 0.6 is 11.6 Å². The average molecular weight is 338 g/mol. The molecule has 0 spiro atoms. The van der Waals surface area contributed by atoms with Gasteiger partial charge < -0.3 is 14.4 Å². The highest BCUT2D eigenvalue weighted by atomic mass is 35.5. The molecule has 1 aromatic carbocycles. The summed E-state index contributed by atoms with van der Waals surface area (Å²) in [6, 6.07) is 8.52. The summed E-state index contributed by atoms with van der Waals surface area (Å²) in [4.78, 5) is 2.52. The molecule has 4 heteroatoms. The number of methoxy groups -OCH3 is 1. The predicted octanol–water partition coefficient (Wildman–Crippen LogP) is 4.05. The zero-order valence-electron chi connectivity index (χ0n) is 14.0. The Labute approximate surface area is 144 Å². The molecule has 2 saturated heterocycles. The molecule has 2 unspecified atom stereocenters. The van der Waals surface area contributed by atoms with Gasteiger partial charge in [0, 0.05) is 31.0 Å². The standard InChI is InChI=1S/C19H28ClNO2/c1-22-17-9-7-15(8-10-17)18(19-6-2-3-12-23-19)14-21-11-4-5-16(20)13-21/h7-10,16,18-19H,2-6,11-14H2,1H3/t16-,18?,19?/m0/s1. The summed E-state index contributed by atoms with van der Waals surface area (Å²) in [6.45, 7) is 4.10. The Morgan fingerprint density at radius 1 is 1.22 bits per heavy atom. The molecule has 3 nitrogen and oxygen atoms in total. The minimum absolute atomic E-state index is 0.299. The zero-order chi connectivity index (χ0) is 16.1. The van der Waals surface area contributed by atoms with Gasteiger partial charge in [0.2, 0.25) is 0 Å². The smallest absolute Gasteiger partial charge is 0.118 e. The number of nitrogens with zero attached hydrogens (tertiary/aromatic N) is 1. The van der Waals surface area contributed by atoms with E-state index in [9.17, 15) is 0 Å². The Bertz CT molecular complexity index is 473. The number of alkyl halides is 1. The number of piperidine rings is 1. The van der Waals surface area contributed by atoms with Crippen molar-refractivity contribution in [1.29, 1.82) is 0 Å². The topological polar surface area (TPSA) is 21.7 Å². The van der Waals surface area contributed by atoms with Crippen molar-refractivity contribution in [3.05, 3.63) is 29.8 Å². The maximum Gasteiger partial charge on any atom is 0.118 e. The van der Waals surface area contributed by atoms with Crippen LogP contribution in [0.25, 0.3) is 0 Å². The van der Waals surface area contributed by atoms with Crippen molar-refractivity contribution >= 4 is 11.6 Å². The fraction of sp³-hybridized carbons (Fsp3) is 0.684. The first-order valence-corrected chi connectivity index (χ1v) is 9.32. The van der Waals surface area contributed by atoms with E-state index in [0.29, 0.717) is 17.4 Å².